The lowest BCUT2D eigenvalue weighted by molar-refractivity contribution is -0.121. The van der Waals surface area contributed by atoms with E-state index in [1.54, 1.807) is 11.9 Å². The molecular formula is C14H18N2O3. The van der Waals surface area contributed by atoms with Crippen molar-refractivity contribution in [3.05, 3.63) is 23.8 Å². The van der Waals surface area contributed by atoms with Gasteiger partial charge in [-0.05, 0) is 31.2 Å². The number of benzene rings is 1. The number of fused-ring (bicyclic) bond motifs is 1. The van der Waals surface area contributed by atoms with Gasteiger partial charge in [0.25, 0.3) is 5.91 Å². The molecule has 5 nitrogen and oxygen atoms in total. The van der Waals surface area contributed by atoms with Crippen LogP contribution < -0.4 is 9.64 Å². The van der Waals surface area contributed by atoms with Gasteiger partial charge in [-0.1, -0.05) is 6.07 Å². The highest BCUT2D eigenvalue weighted by Crippen LogP contribution is 2.31. The second kappa shape index (κ2) is 5.84. The molecule has 1 heterocycles. The third-order valence-electron chi connectivity index (χ3n) is 3.28. The van der Waals surface area contributed by atoms with E-state index in [1.807, 2.05) is 30.1 Å². The summed E-state index contributed by atoms with van der Waals surface area (Å²) in [6, 6.07) is 5.87. The smallest absolute Gasteiger partial charge is 0.264 e. The monoisotopic (exact) mass is 262 g/mol. The van der Waals surface area contributed by atoms with Gasteiger partial charge >= 0.3 is 0 Å². The van der Waals surface area contributed by atoms with Crippen LogP contribution in [0.5, 0.6) is 5.75 Å². The van der Waals surface area contributed by atoms with Crippen molar-refractivity contribution in [3.8, 4) is 5.75 Å². The Balaban J connectivity index is 2.08. The maximum atomic E-state index is 11.6. The average molecular weight is 262 g/mol. The van der Waals surface area contributed by atoms with Crippen molar-refractivity contribution >= 4 is 17.9 Å². The van der Waals surface area contributed by atoms with Crippen LogP contribution in [0.2, 0.25) is 0 Å². The normalized spacial score (nSPS) is 14.3. The molecule has 0 radical (unpaired) electrons. The summed E-state index contributed by atoms with van der Waals surface area (Å²) in [5.41, 5.74) is 1.94. The molecule has 0 bridgehead atoms. The average Bonchev–Trinajstić information content (AvgIpc) is 2.41. The minimum atomic E-state index is -0.0391. The molecule has 0 saturated carbocycles. The molecule has 2 rings (SSSR count). The van der Waals surface area contributed by atoms with Crippen molar-refractivity contribution in [1.29, 1.82) is 0 Å². The van der Waals surface area contributed by atoms with Crippen molar-refractivity contribution in [1.82, 2.24) is 4.90 Å². The minimum absolute atomic E-state index is 0.0391. The fourth-order valence-corrected chi connectivity index (χ4v) is 2.01. The van der Waals surface area contributed by atoms with Gasteiger partial charge in [0.15, 0.2) is 6.61 Å². The summed E-state index contributed by atoms with van der Waals surface area (Å²) in [7, 11) is 3.66. The largest absolute Gasteiger partial charge is 0.482 e. The van der Waals surface area contributed by atoms with Crippen LogP contribution in [-0.2, 0) is 16.0 Å². The first-order valence-corrected chi connectivity index (χ1v) is 6.26. The first kappa shape index (κ1) is 13.5. The zero-order valence-corrected chi connectivity index (χ0v) is 11.3. The van der Waals surface area contributed by atoms with Gasteiger partial charge in [-0.15, -0.1) is 0 Å². The Morgan fingerprint density at radius 2 is 2.26 bits per heavy atom. The Hall–Kier alpha value is -1.88. The Labute approximate surface area is 112 Å². The number of hydrogen-bond acceptors (Lipinski definition) is 4. The lowest BCUT2D eigenvalue weighted by Gasteiger charge is -2.26. The fraction of sp³-hybridized carbons (Fsp3) is 0.429. The van der Waals surface area contributed by atoms with Crippen LogP contribution in [0.3, 0.4) is 0 Å². The number of hydrogen-bond donors (Lipinski definition) is 0. The molecular weight excluding hydrogens is 244 g/mol. The summed E-state index contributed by atoms with van der Waals surface area (Å²) in [6.45, 7) is 1.34. The maximum absolute atomic E-state index is 11.6. The number of nitrogens with zero attached hydrogens (tertiary/aromatic N) is 2. The molecule has 1 aliphatic rings. The van der Waals surface area contributed by atoms with Gasteiger partial charge in [0.05, 0.1) is 12.2 Å². The lowest BCUT2D eigenvalue weighted by atomic mass is 10.1. The molecule has 1 aromatic rings. The van der Waals surface area contributed by atoms with E-state index in [4.69, 9.17) is 4.74 Å². The number of amides is 1. The molecule has 0 atom stereocenters. The summed E-state index contributed by atoms with van der Waals surface area (Å²) in [5.74, 6) is 0.704. The Bertz CT molecular complexity index is 488. The number of likely N-dealkylation sites (N-methyl/N-ethyl adjacent to an activating group) is 2. The molecule has 1 aliphatic heterocycles. The second-order valence-electron chi connectivity index (χ2n) is 4.72. The summed E-state index contributed by atoms with van der Waals surface area (Å²) < 4.78 is 5.38. The number of rotatable bonds is 5. The molecule has 0 aliphatic carbocycles. The zero-order chi connectivity index (χ0) is 13.8. The van der Waals surface area contributed by atoms with E-state index >= 15 is 0 Å². The second-order valence-corrected chi connectivity index (χ2v) is 4.72. The maximum Gasteiger partial charge on any atom is 0.264 e. The van der Waals surface area contributed by atoms with E-state index in [2.05, 4.69) is 0 Å². The molecule has 1 amide bonds. The Morgan fingerprint density at radius 3 is 3.00 bits per heavy atom. The third-order valence-corrected chi connectivity index (χ3v) is 3.28. The van der Waals surface area contributed by atoms with E-state index in [-0.39, 0.29) is 12.5 Å². The van der Waals surface area contributed by atoms with Gasteiger partial charge in [0.2, 0.25) is 0 Å². The molecule has 1 aromatic carbocycles. The van der Waals surface area contributed by atoms with Gasteiger partial charge in [-0.2, -0.15) is 0 Å². The molecule has 0 N–H and O–H groups in total. The molecule has 0 unspecified atom stereocenters. The Morgan fingerprint density at radius 1 is 1.47 bits per heavy atom. The number of anilines is 1. The van der Waals surface area contributed by atoms with Crippen LogP contribution in [0.15, 0.2) is 18.2 Å². The predicted molar refractivity (Wildman–Crippen MR) is 72.6 cm³/mol. The van der Waals surface area contributed by atoms with Crippen molar-refractivity contribution in [3.63, 3.8) is 0 Å². The molecule has 102 valence electrons. The van der Waals surface area contributed by atoms with E-state index in [0.29, 0.717) is 6.54 Å². The standard InChI is InChI=1S/C14H18N2O3/c1-15(7-8-17)6-5-11-3-4-13-12(9-11)16(2)14(18)10-19-13/h3-4,8-9H,5-7,10H2,1-2H3. The molecule has 0 saturated heterocycles. The number of aldehydes is 1. The van der Waals surface area contributed by atoms with E-state index < -0.39 is 0 Å². The van der Waals surface area contributed by atoms with Crippen LogP contribution in [0, 0.1) is 0 Å². The topological polar surface area (TPSA) is 49.9 Å². The van der Waals surface area contributed by atoms with Gasteiger partial charge in [0, 0.05) is 13.6 Å². The number of ether oxygens (including phenoxy) is 1. The SMILES string of the molecule is CN(CC=O)CCc1ccc2c(c1)N(C)C(=O)CO2. The van der Waals surface area contributed by atoms with Gasteiger partial charge in [0.1, 0.15) is 12.0 Å². The predicted octanol–water partition coefficient (Wildman–Crippen LogP) is 0.715. The molecule has 0 spiro atoms. The Kier molecular flexibility index (Phi) is 4.16. The molecule has 19 heavy (non-hydrogen) atoms. The zero-order valence-electron chi connectivity index (χ0n) is 11.3. The van der Waals surface area contributed by atoms with E-state index in [1.165, 1.54) is 0 Å². The van der Waals surface area contributed by atoms with E-state index in [9.17, 15) is 9.59 Å². The molecule has 5 heteroatoms. The van der Waals surface area contributed by atoms with Crippen LogP contribution in [0.1, 0.15) is 5.56 Å². The van der Waals surface area contributed by atoms with Gasteiger partial charge in [-0.3, -0.25) is 9.69 Å². The van der Waals surface area contributed by atoms with Crippen molar-refractivity contribution in [2.45, 2.75) is 6.42 Å². The molecule has 0 fully saturated rings. The summed E-state index contributed by atoms with van der Waals surface area (Å²) in [4.78, 5) is 25.5. The van der Waals surface area contributed by atoms with Crippen LogP contribution in [-0.4, -0.2) is 50.9 Å². The minimum Gasteiger partial charge on any atom is -0.482 e. The first-order chi connectivity index (χ1) is 9.11. The highest BCUT2D eigenvalue weighted by molar-refractivity contribution is 5.97. The van der Waals surface area contributed by atoms with Crippen LogP contribution in [0.25, 0.3) is 0 Å². The number of carbonyl (C=O) groups is 2. The highest BCUT2D eigenvalue weighted by Gasteiger charge is 2.22. The summed E-state index contributed by atoms with van der Waals surface area (Å²) >= 11 is 0. The quantitative estimate of drug-likeness (QED) is 0.734. The molecule has 0 aromatic heterocycles. The van der Waals surface area contributed by atoms with Crippen molar-refractivity contribution in [2.75, 3.05) is 38.7 Å². The first-order valence-electron chi connectivity index (χ1n) is 6.26. The highest BCUT2D eigenvalue weighted by atomic mass is 16.5. The lowest BCUT2D eigenvalue weighted by Crippen LogP contribution is -2.35. The van der Waals surface area contributed by atoms with E-state index in [0.717, 1.165) is 36.3 Å². The van der Waals surface area contributed by atoms with Gasteiger partial charge in [-0.25, -0.2) is 0 Å². The van der Waals surface area contributed by atoms with Crippen LogP contribution in [0.4, 0.5) is 5.69 Å². The van der Waals surface area contributed by atoms with Crippen LogP contribution >= 0.6 is 0 Å². The third kappa shape index (κ3) is 3.12. The number of carbonyl (C=O) groups excluding carboxylic acids is 2. The van der Waals surface area contributed by atoms with Gasteiger partial charge < -0.3 is 14.4 Å². The summed E-state index contributed by atoms with van der Waals surface area (Å²) in [6.07, 6.45) is 1.73. The summed E-state index contributed by atoms with van der Waals surface area (Å²) in [5, 5.41) is 0. The van der Waals surface area contributed by atoms with Crippen molar-refractivity contribution < 1.29 is 14.3 Å². The van der Waals surface area contributed by atoms with Crippen molar-refractivity contribution in [2.24, 2.45) is 0 Å². The fourth-order valence-electron chi connectivity index (χ4n) is 2.01.